The Labute approximate surface area is 115 Å². The zero-order valence-electron chi connectivity index (χ0n) is 10.3. The summed E-state index contributed by atoms with van der Waals surface area (Å²) in [6.45, 7) is 1.87. The first-order chi connectivity index (χ1) is 8.67. The topological polar surface area (TPSA) is 44.2 Å². The molecule has 1 atom stereocenters. The molecule has 0 N–H and O–H groups in total. The fourth-order valence-electron chi connectivity index (χ4n) is 1.56. The van der Waals surface area contributed by atoms with Gasteiger partial charge in [0.1, 0.15) is 5.01 Å². The van der Waals surface area contributed by atoms with Gasteiger partial charge < -0.3 is 9.47 Å². The number of hydrogen-bond donors (Lipinski definition) is 0. The van der Waals surface area contributed by atoms with E-state index in [4.69, 9.17) is 21.1 Å². The Hall–Kier alpha value is -1.33. The van der Waals surface area contributed by atoms with Gasteiger partial charge in [0.2, 0.25) is 0 Å². The first-order valence-corrected chi connectivity index (χ1v) is 6.61. The van der Waals surface area contributed by atoms with Crippen molar-refractivity contribution in [3.63, 3.8) is 0 Å². The summed E-state index contributed by atoms with van der Waals surface area (Å²) in [6.07, 6.45) is 0. The smallest absolute Gasteiger partial charge is 0.171 e. The van der Waals surface area contributed by atoms with E-state index in [1.807, 2.05) is 25.1 Å². The summed E-state index contributed by atoms with van der Waals surface area (Å²) in [5.74, 6) is 1.33. The third-order valence-corrected chi connectivity index (χ3v) is 3.89. The SMILES string of the molecule is COc1cccc(-c2nnc(C(C)Cl)s2)c1OC. The normalized spacial score (nSPS) is 12.2. The molecule has 1 aromatic heterocycles. The van der Waals surface area contributed by atoms with Gasteiger partial charge in [0.25, 0.3) is 0 Å². The molecule has 0 aliphatic heterocycles. The molecule has 18 heavy (non-hydrogen) atoms. The summed E-state index contributed by atoms with van der Waals surface area (Å²) in [4.78, 5) is 0. The number of ether oxygens (including phenoxy) is 2. The van der Waals surface area contributed by atoms with E-state index in [2.05, 4.69) is 10.2 Å². The van der Waals surface area contributed by atoms with Crippen molar-refractivity contribution in [1.82, 2.24) is 10.2 Å². The molecule has 1 unspecified atom stereocenters. The molecule has 0 fully saturated rings. The number of hydrogen-bond acceptors (Lipinski definition) is 5. The lowest BCUT2D eigenvalue weighted by Gasteiger charge is -2.10. The van der Waals surface area contributed by atoms with Crippen LogP contribution in [0, 0.1) is 0 Å². The van der Waals surface area contributed by atoms with Crippen molar-refractivity contribution >= 4 is 22.9 Å². The number of rotatable bonds is 4. The van der Waals surface area contributed by atoms with Crippen LogP contribution in [0.15, 0.2) is 18.2 Å². The molecule has 0 amide bonds. The molecule has 0 saturated carbocycles. The molecule has 2 rings (SSSR count). The van der Waals surface area contributed by atoms with Crippen molar-refractivity contribution in [3.05, 3.63) is 23.2 Å². The highest BCUT2D eigenvalue weighted by Gasteiger charge is 2.16. The largest absolute Gasteiger partial charge is 0.493 e. The van der Waals surface area contributed by atoms with E-state index in [0.717, 1.165) is 15.6 Å². The maximum absolute atomic E-state index is 5.99. The molecule has 0 bridgehead atoms. The Morgan fingerprint density at radius 1 is 1.22 bits per heavy atom. The van der Waals surface area contributed by atoms with Crippen molar-refractivity contribution in [3.8, 4) is 22.1 Å². The van der Waals surface area contributed by atoms with Crippen molar-refractivity contribution in [2.24, 2.45) is 0 Å². The lowest BCUT2D eigenvalue weighted by molar-refractivity contribution is 0.356. The summed E-state index contributed by atoms with van der Waals surface area (Å²) in [6, 6.07) is 5.65. The van der Waals surface area contributed by atoms with Crippen LogP contribution in [-0.2, 0) is 0 Å². The van der Waals surface area contributed by atoms with Gasteiger partial charge in [-0.05, 0) is 19.1 Å². The molecule has 2 aromatic rings. The highest BCUT2D eigenvalue weighted by molar-refractivity contribution is 7.15. The summed E-state index contributed by atoms with van der Waals surface area (Å²) in [7, 11) is 3.21. The number of nitrogens with zero attached hydrogens (tertiary/aromatic N) is 2. The predicted octanol–water partition coefficient (Wildman–Crippen LogP) is 3.52. The predicted molar refractivity (Wildman–Crippen MR) is 72.7 cm³/mol. The van der Waals surface area contributed by atoms with Crippen LogP contribution in [0.3, 0.4) is 0 Å². The number of benzene rings is 1. The minimum atomic E-state index is -0.146. The number of aromatic nitrogens is 2. The molecule has 0 saturated heterocycles. The van der Waals surface area contributed by atoms with Crippen molar-refractivity contribution in [1.29, 1.82) is 0 Å². The second kappa shape index (κ2) is 5.54. The zero-order valence-corrected chi connectivity index (χ0v) is 11.9. The lowest BCUT2D eigenvalue weighted by Crippen LogP contribution is -1.92. The molecule has 0 radical (unpaired) electrons. The Balaban J connectivity index is 2.49. The van der Waals surface area contributed by atoms with Gasteiger partial charge in [-0.2, -0.15) is 0 Å². The molecular formula is C12H13ClN2O2S. The van der Waals surface area contributed by atoms with Crippen LogP contribution in [0.1, 0.15) is 17.3 Å². The average molecular weight is 285 g/mol. The molecule has 4 nitrogen and oxygen atoms in total. The van der Waals surface area contributed by atoms with Crippen LogP contribution in [0.2, 0.25) is 0 Å². The van der Waals surface area contributed by atoms with Gasteiger partial charge in [0.15, 0.2) is 16.5 Å². The minimum absolute atomic E-state index is 0.146. The van der Waals surface area contributed by atoms with Crippen molar-refractivity contribution in [2.45, 2.75) is 12.3 Å². The molecular weight excluding hydrogens is 272 g/mol. The van der Waals surface area contributed by atoms with Crippen LogP contribution in [0.5, 0.6) is 11.5 Å². The highest BCUT2D eigenvalue weighted by atomic mass is 35.5. The van der Waals surface area contributed by atoms with E-state index in [1.165, 1.54) is 11.3 Å². The van der Waals surface area contributed by atoms with E-state index in [9.17, 15) is 0 Å². The standard InChI is InChI=1S/C12H13ClN2O2S/c1-7(13)11-14-15-12(18-11)8-5-4-6-9(16-2)10(8)17-3/h4-7H,1-3H3. The van der Waals surface area contributed by atoms with Crippen LogP contribution < -0.4 is 9.47 Å². The maximum atomic E-state index is 5.99. The number of methoxy groups -OCH3 is 2. The van der Waals surface area contributed by atoms with Gasteiger partial charge in [0, 0.05) is 0 Å². The van der Waals surface area contributed by atoms with Gasteiger partial charge in [0.05, 0.1) is 25.2 Å². The molecule has 0 spiro atoms. The monoisotopic (exact) mass is 284 g/mol. The molecule has 1 heterocycles. The third kappa shape index (κ3) is 2.42. The van der Waals surface area contributed by atoms with E-state index in [0.29, 0.717) is 11.5 Å². The number of alkyl halides is 1. The van der Waals surface area contributed by atoms with Gasteiger partial charge in [-0.25, -0.2) is 0 Å². The first-order valence-electron chi connectivity index (χ1n) is 5.36. The second-order valence-corrected chi connectivity index (χ2v) is 5.27. The zero-order chi connectivity index (χ0) is 13.1. The Bertz CT molecular complexity index is 543. The van der Waals surface area contributed by atoms with Crippen LogP contribution >= 0.6 is 22.9 Å². The van der Waals surface area contributed by atoms with E-state index in [1.54, 1.807) is 14.2 Å². The van der Waals surface area contributed by atoms with Gasteiger partial charge in [-0.1, -0.05) is 17.4 Å². The quantitative estimate of drug-likeness (QED) is 0.806. The van der Waals surface area contributed by atoms with Crippen LogP contribution in [-0.4, -0.2) is 24.4 Å². The van der Waals surface area contributed by atoms with Gasteiger partial charge in [-0.15, -0.1) is 21.8 Å². The van der Waals surface area contributed by atoms with E-state index < -0.39 is 0 Å². The highest BCUT2D eigenvalue weighted by Crippen LogP contribution is 2.39. The first kappa shape index (κ1) is 13.1. The minimum Gasteiger partial charge on any atom is -0.493 e. The van der Waals surface area contributed by atoms with E-state index >= 15 is 0 Å². The number of halogens is 1. The van der Waals surface area contributed by atoms with Gasteiger partial charge >= 0.3 is 0 Å². The Morgan fingerprint density at radius 2 is 2.00 bits per heavy atom. The van der Waals surface area contributed by atoms with Crippen LogP contribution in [0.4, 0.5) is 0 Å². The molecule has 1 aromatic carbocycles. The van der Waals surface area contributed by atoms with Crippen molar-refractivity contribution in [2.75, 3.05) is 14.2 Å². The summed E-state index contributed by atoms with van der Waals surface area (Å²) >= 11 is 7.44. The molecule has 6 heteroatoms. The maximum Gasteiger partial charge on any atom is 0.171 e. The molecule has 0 aliphatic rings. The van der Waals surface area contributed by atoms with E-state index in [-0.39, 0.29) is 5.38 Å². The Kier molecular flexibility index (Phi) is 4.04. The third-order valence-electron chi connectivity index (χ3n) is 2.41. The van der Waals surface area contributed by atoms with Crippen molar-refractivity contribution < 1.29 is 9.47 Å². The summed E-state index contributed by atoms with van der Waals surface area (Å²) in [5.41, 5.74) is 0.859. The van der Waals surface area contributed by atoms with Gasteiger partial charge in [-0.3, -0.25) is 0 Å². The molecule has 0 aliphatic carbocycles. The average Bonchev–Trinajstić information content (AvgIpc) is 2.87. The summed E-state index contributed by atoms with van der Waals surface area (Å²) in [5, 5.41) is 9.62. The summed E-state index contributed by atoms with van der Waals surface area (Å²) < 4.78 is 10.6. The number of para-hydroxylation sites is 1. The van der Waals surface area contributed by atoms with Crippen LogP contribution in [0.25, 0.3) is 10.6 Å². The second-order valence-electron chi connectivity index (χ2n) is 3.60. The fourth-order valence-corrected chi connectivity index (χ4v) is 2.53. The fraction of sp³-hybridized carbons (Fsp3) is 0.333. The molecule has 96 valence electrons. The lowest BCUT2D eigenvalue weighted by atomic mass is 10.2. The Morgan fingerprint density at radius 3 is 2.56 bits per heavy atom.